The van der Waals surface area contributed by atoms with Crippen LogP contribution in [0, 0.1) is 6.92 Å². The minimum absolute atomic E-state index is 0.0479. The lowest BCUT2D eigenvalue weighted by Gasteiger charge is -2.14. The number of benzene rings is 1. The minimum atomic E-state index is -0.0801. The standard InChI is InChI=1S/C22H21N3O2/c1-15-8-10-18(14-24-15)27-22-17(6-4-12-23-22)13-25-21(26)20-11-9-16-5-2-3-7-19(16)20/h2-8,10,12,14,20H,9,11,13H2,1H3,(H,25,26)/t20-/m0/s1. The molecular weight excluding hydrogens is 338 g/mol. The van der Waals surface area contributed by atoms with Gasteiger partial charge in [-0.05, 0) is 49.1 Å². The van der Waals surface area contributed by atoms with Gasteiger partial charge < -0.3 is 10.1 Å². The highest BCUT2D eigenvalue weighted by Gasteiger charge is 2.28. The van der Waals surface area contributed by atoms with E-state index in [9.17, 15) is 4.79 Å². The second-order valence-electron chi connectivity index (χ2n) is 6.71. The van der Waals surface area contributed by atoms with E-state index < -0.39 is 0 Å². The quantitative estimate of drug-likeness (QED) is 0.750. The van der Waals surface area contributed by atoms with E-state index >= 15 is 0 Å². The summed E-state index contributed by atoms with van der Waals surface area (Å²) in [6.07, 6.45) is 5.16. The molecule has 1 amide bonds. The first-order valence-electron chi connectivity index (χ1n) is 9.10. The lowest BCUT2D eigenvalue weighted by Crippen LogP contribution is -2.28. The monoisotopic (exact) mass is 359 g/mol. The van der Waals surface area contributed by atoms with Gasteiger partial charge in [0.15, 0.2) is 0 Å². The lowest BCUT2D eigenvalue weighted by atomic mass is 10.0. The van der Waals surface area contributed by atoms with Gasteiger partial charge in [-0.3, -0.25) is 9.78 Å². The average Bonchev–Trinajstić information content (AvgIpc) is 3.13. The summed E-state index contributed by atoms with van der Waals surface area (Å²) in [7, 11) is 0. The van der Waals surface area contributed by atoms with E-state index in [2.05, 4.69) is 27.4 Å². The zero-order valence-corrected chi connectivity index (χ0v) is 15.2. The van der Waals surface area contributed by atoms with Crippen LogP contribution in [0.25, 0.3) is 0 Å². The van der Waals surface area contributed by atoms with E-state index in [1.165, 1.54) is 5.56 Å². The zero-order chi connectivity index (χ0) is 18.6. The van der Waals surface area contributed by atoms with E-state index in [-0.39, 0.29) is 11.8 Å². The van der Waals surface area contributed by atoms with E-state index in [4.69, 9.17) is 4.74 Å². The summed E-state index contributed by atoms with van der Waals surface area (Å²) < 4.78 is 5.85. The Hall–Kier alpha value is -3.21. The van der Waals surface area contributed by atoms with Crippen LogP contribution in [0.15, 0.2) is 60.9 Å². The maximum atomic E-state index is 12.7. The molecule has 4 rings (SSSR count). The number of amides is 1. The molecule has 0 radical (unpaired) electrons. The van der Waals surface area contributed by atoms with Crippen LogP contribution in [0.3, 0.4) is 0 Å². The molecule has 1 aliphatic rings. The van der Waals surface area contributed by atoms with Crippen LogP contribution in [0.2, 0.25) is 0 Å². The van der Waals surface area contributed by atoms with E-state index in [1.807, 2.05) is 43.3 Å². The Morgan fingerprint density at radius 3 is 2.89 bits per heavy atom. The first-order chi connectivity index (χ1) is 13.2. The molecule has 2 heterocycles. The largest absolute Gasteiger partial charge is 0.437 e. The third-order valence-electron chi connectivity index (χ3n) is 4.85. The second kappa shape index (κ2) is 7.58. The van der Waals surface area contributed by atoms with Crippen molar-refractivity contribution >= 4 is 5.91 Å². The third kappa shape index (κ3) is 3.82. The number of aryl methyl sites for hydroxylation is 2. The van der Waals surface area contributed by atoms with Gasteiger partial charge in [0, 0.05) is 24.0 Å². The highest BCUT2D eigenvalue weighted by molar-refractivity contribution is 5.84. The molecule has 1 N–H and O–H groups in total. The number of fused-ring (bicyclic) bond motifs is 1. The molecule has 5 heteroatoms. The molecule has 2 aromatic heterocycles. The summed E-state index contributed by atoms with van der Waals surface area (Å²) in [5.74, 6) is 1.07. The van der Waals surface area contributed by atoms with Crippen LogP contribution in [0.4, 0.5) is 0 Å². The summed E-state index contributed by atoms with van der Waals surface area (Å²) in [4.78, 5) is 21.2. The summed E-state index contributed by atoms with van der Waals surface area (Å²) >= 11 is 0. The number of hydrogen-bond donors (Lipinski definition) is 1. The number of carbonyl (C=O) groups is 1. The van der Waals surface area contributed by atoms with Crippen molar-refractivity contribution in [1.29, 1.82) is 0 Å². The van der Waals surface area contributed by atoms with Crippen LogP contribution in [-0.4, -0.2) is 15.9 Å². The molecule has 0 saturated heterocycles. The first-order valence-corrected chi connectivity index (χ1v) is 9.10. The van der Waals surface area contributed by atoms with Crippen molar-refractivity contribution in [2.75, 3.05) is 0 Å². The smallest absolute Gasteiger partial charge is 0.227 e. The molecule has 5 nitrogen and oxygen atoms in total. The Kier molecular flexibility index (Phi) is 4.83. The molecule has 0 bridgehead atoms. The van der Waals surface area contributed by atoms with Crippen molar-refractivity contribution in [3.05, 3.63) is 83.3 Å². The molecule has 0 unspecified atom stereocenters. The number of rotatable bonds is 5. The number of ether oxygens (including phenoxy) is 1. The fraction of sp³-hybridized carbons (Fsp3) is 0.227. The van der Waals surface area contributed by atoms with Crippen LogP contribution in [0.1, 0.15) is 34.7 Å². The van der Waals surface area contributed by atoms with Crippen molar-refractivity contribution < 1.29 is 9.53 Å². The summed E-state index contributed by atoms with van der Waals surface area (Å²) in [5, 5.41) is 3.04. The Morgan fingerprint density at radius 2 is 2.04 bits per heavy atom. The van der Waals surface area contributed by atoms with E-state index in [1.54, 1.807) is 12.4 Å². The fourth-order valence-corrected chi connectivity index (χ4v) is 3.41. The molecule has 0 saturated carbocycles. The van der Waals surface area contributed by atoms with Crippen LogP contribution in [0.5, 0.6) is 11.6 Å². The van der Waals surface area contributed by atoms with Crippen molar-refractivity contribution in [3.63, 3.8) is 0 Å². The van der Waals surface area contributed by atoms with Gasteiger partial charge in [0.2, 0.25) is 11.8 Å². The van der Waals surface area contributed by atoms with Crippen molar-refractivity contribution in [2.24, 2.45) is 0 Å². The predicted octanol–water partition coefficient (Wildman–Crippen LogP) is 3.92. The molecule has 27 heavy (non-hydrogen) atoms. The number of nitrogens with zero attached hydrogens (tertiary/aromatic N) is 2. The van der Waals surface area contributed by atoms with Gasteiger partial charge in [-0.1, -0.05) is 30.3 Å². The summed E-state index contributed by atoms with van der Waals surface area (Å²) in [6, 6.07) is 15.7. The molecule has 0 aliphatic heterocycles. The van der Waals surface area contributed by atoms with Crippen molar-refractivity contribution in [3.8, 4) is 11.6 Å². The minimum Gasteiger partial charge on any atom is -0.437 e. The van der Waals surface area contributed by atoms with E-state index in [0.717, 1.165) is 29.7 Å². The Labute approximate surface area is 158 Å². The van der Waals surface area contributed by atoms with Crippen LogP contribution >= 0.6 is 0 Å². The molecular formula is C22H21N3O2. The van der Waals surface area contributed by atoms with Gasteiger partial charge in [-0.2, -0.15) is 0 Å². The Morgan fingerprint density at radius 1 is 1.15 bits per heavy atom. The maximum Gasteiger partial charge on any atom is 0.227 e. The SMILES string of the molecule is Cc1ccc(Oc2ncccc2CNC(=O)[C@H]2CCc3ccccc32)cn1. The highest BCUT2D eigenvalue weighted by atomic mass is 16.5. The van der Waals surface area contributed by atoms with Crippen LogP contribution in [-0.2, 0) is 17.8 Å². The molecule has 0 fully saturated rings. The Bertz CT molecular complexity index is 954. The zero-order valence-electron chi connectivity index (χ0n) is 15.2. The van der Waals surface area contributed by atoms with Crippen molar-refractivity contribution in [1.82, 2.24) is 15.3 Å². The number of nitrogens with one attached hydrogen (secondary N) is 1. The lowest BCUT2D eigenvalue weighted by molar-refractivity contribution is -0.122. The normalized spacial score (nSPS) is 15.2. The van der Waals surface area contributed by atoms with Gasteiger partial charge in [0.25, 0.3) is 0 Å². The summed E-state index contributed by atoms with van der Waals surface area (Å²) in [6.45, 7) is 2.30. The predicted molar refractivity (Wildman–Crippen MR) is 103 cm³/mol. The molecule has 0 spiro atoms. The second-order valence-corrected chi connectivity index (χ2v) is 6.71. The van der Waals surface area contributed by atoms with Crippen LogP contribution < -0.4 is 10.1 Å². The molecule has 1 aromatic carbocycles. The highest BCUT2D eigenvalue weighted by Crippen LogP contribution is 2.33. The van der Waals surface area contributed by atoms with Gasteiger partial charge in [0.1, 0.15) is 5.75 Å². The molecule has 136 valence electrons. The number of aromatic nitrogens is 2. The Balaban J connectivity index is 1.44. The number of carbonyl (C=O) groups excluding carboxylic acids is 1. The van der Waals surface area contributed by atoms with Gasteiger partial charge in [0.05, 0.1) is 12.1 Å². The number of hydrogen-bond acceptors (Lipinski definition) is 4. The van der Waals surface area contributed by atoms with Gasteiger partial charge in [-0.25, -0.2) is 4.98 Å². The number of pyridine rings is 2. The topological polar surface area (TPSA) is 64.1 Å². The van der Waals surface area contributed by atoms with Gasteiger partial charge in [-0.15, -0.1) is 0 Å². The molecule has 1 atom stereocenters. The molecule has 3 aromatic rings. The van der Waals surface area contributed by atoms with Crippen molar-refractivity contribution in [2.45, 2.75) is 32.2 Å². The van der Waals surface area contributed by atoms with Gasteiger partial charge >= 0.3 is 0 Å². The fourth-order valence-electron chi connectivity index (χ4n) is 3.41. The third-order valence-corrected chi connectivity index (χ3v) is 4.85. The molecule has 1 aliphatic carbocycles. The average molecular weight is 359 g/mol. The first kappa shape index (κ1) is 17.2. The maximum absolute atomic E-state index is 12.7. The summed E-state index contributed by atoms with van der Waals surface area (Å²) in [5.41, 5.74) is 4.17. The van der Waals surface area contributed by atoms with E-state index in [0.29, 0.717) is 18.2 Å².